The van der Waals surface area contributed by atoms with Gasteiger partial charge < -0.3 is 15.3 Å². The molecule has 0 saturated heterocycles. The molecule has 0 radical (unpaired) electrons. The van der Waals surface area contributed by atoms with Gasteiger partial charge >= 0.3 is 11.9 Å². The highest BCUT2D eigenvalue weighted by Gasteiger charge is 2.78. The summed E-state index contributed by atoms with van der Waals surface area (Å²) in [5.41, 5.74) is -3.37. The molecule has 0 aromatic carbocycles. The Morgan fingerprint density at radius 1 is 1.05 bits per heavy atom. The van der Waals surface area contributed by atoms with Crippen molar-refractivity contribution in [1.82, 2.24) is 0 Å². The summed E-state index contributed by atoms with van der Waals surface area (Å²) in [6.07, 6.45) is 0.948. The van der Waals surface area contributed by atoms with E-state index in [0.29, 0.717) is 12.8 Å². The van der Waals surface area contributed by atoms with Crippen molar-refractivity contribution in [3.8, 4) is 0 Å². The van der Waals surface area contributed by atoms with Crippen LogP contribution in [0.5, 0.6) is 0 Å². The SMILES string of the molecule is CC(C)(C)C1CC(C(=O)O)(C(=O)O)C1(CCCO)C(C)(C)C. The molecule has 0 aromatic rings. The van der Waals surface area contributed by atoms with E-state index in [-0.39, 0.29) is 24.4 Å². The van der Waals surface area contributed by atoms with Gasteiger partial charge in [-0.25, -0.2) is 0 Å². The number of aliphatic hydroxyl groups is 1. The minimum atomic E-state index is -1.78. The predicted molar refractivity (Wildman–Crippen MR) is 83.5 cm³/mol. The molecule has 2 atom stereocenters. The largest absolute Gasteiger partial charge is 0.480 e. The van der Waals surface area contributed by atoms with Crippen LogP contribution in [0.3, 0.4) is 0 Å². The predicted octanol–water partition coefficient (Wildman–Crippen LogP) is 3.01. The van der Waals surface area contributed by atoms with Gasteiger partial charge in [-0.15, -0.1) is 0 Å². The quantitative estimate of drug-likeness (QED) is 0.678. The summed E-state index contributed by atoms with van der Waals surface area (Å²) in [4.78, 5) is 24.0. The number of carboxylic acid groups (broad SMARTS) is 2. The summed E-state index contributed by atoms with van der Waals surface area (Å²) >= 11 is 0. The zero-order valence-electron chi connectivity index (χ0n) is 14.6. The number of carbonyl (C=O) groups is 2. The van der Waals surface area contributed by atoms with E-state index in [4.69, 9.17) is 0 Å². The molecule has 2 unspecified atom stereocenters. The lowest BCUT2D eigenvalue weighted by Crippen LogP contribution is -2.73. The number of hydrogen-bond donors (Lipinski definition) is 3. The Bertz CT molecular complexity index is 441. The Morgan fingerprint density at radius 3 is 1.77 bits per heavy atom. The molecule has 5 heteroatoms. The number of carboxylic acids is 2. The number of aliphatic hydroxyl groups excluding tert-OH is 1. The lowest BCUT2D eigenvalue weighted by atomic mass is 9.32. The van der Waals surface area contributed by atoms with E-state index in [1.54, 1.807) is 0 Å². The Labute approximate surface area is 132 Å². The Morgan fingerprint density at radius 2 is 1.50 bits per heavy atom. The number of rotatable bonds is 5. The van der Waals surface area contributed by atoms with Crippen LogP contribution >= 0.6 is 0 Å². The van der Waals surface area contributed by atoms with Crippen LogP contribution < -0.4 is 0 Å². The van der Waals surface area contributed by atoms with Crippen molar-refractivity contribution in [2.45, 2.75) is 60.8 Å². The zero-order valence-corrected chi connectivity index (χ0v) is 14.6. The monoisotopic (exact) mass is 314 g/mol. The molecule has 22 heavy (non-hydrogen) atoms. The molecule has 128 valence electrons. The van der Waals surface area contributed by atoms with Crippen LogP contribution in [-0.2, 0) is 9.59 Å². The summed E-state index contributed by atoms with van der Waals surface area (Å²) in [6.45, 7) is 11.8. The molecule has 0 bridgehead atoms. The van der Waals surface area contributed by atoms with E-state index in [1.807, 2.05) is 41.5 Å². The van der Waals surface area contributed by atoms with Gasteiger partial charge in [-0.05, 0) is 36.0 Å². The average molecular weight is 314 g/mol. The summed E-state index contributed by atoms with van der Waals surface area (Å²) in [7, 11) is 0. The Balaban J connectivity index is 3.61. The summed E-state index contributed by atoms with van der Waals surface area (Å²) < 4.78 is 0. The van der Waals surface area contributed by atoms with E-state index in [2.05, 4.69) is 0 Å². The van der Waals surface area contributed by atoms with Crippen LogP contribution in [0, 0.1) is 27.6 Å². The van der Waals surface area contributed by atoms with Gasteiger partial charge in [0.25, 0.3) is 0 Å². The van der Waals surface area contributed by atoms with E-state index in [9.17, 15) is 24.9 Å². The van der Waals surface area contributed by atoms with Crippen LogP contribution in [0.15, 0.2) is 0 Å². The van der Waals surface area contributed by atoms with Gasteiger partial charge in [0.05, 0.1) is 0 Å². The highest BCUT2D eigenvalue weighted by molar-refractivity contribution is 6.01. The maximum absolute atomic E-state index is 12.0. The van der Waals surface area contributed by atoms with Crippen molar-refractivity contribution in [2.24, 2.45) is 27.6 Å². The molecule has 0 aromatic heterocycles. The fourth-order valence-corrected chi connectivity index (χ4v) is 4.81. The van der Waals surface area contributed by atoms with Crippen molar-refractivity contribution >= 4 is 11.9 Å². The molecular formula is C17H30O5. The molecule has 5 nitrogen and oxygen atoms in total. The molecule has 1 aliphatic carbocycles. The molecule has 0 amide bonds. The molecule has 0 heterocycles. The van der Waals surface area contributed by atoms with Gasteiger partial charge in [0, 0.05) is 12.0 Å². The minimum Gasteiger partial charge on any atom is -0.480 e. The van der Waals surface area contributed by atoms with Crippen molar-refractivity contribution in [1.29, 1.82) is 0 Å². The molecular weight excluding hydrogens is 284 g/mol. The van der Waals surface area contributed by atoms with Crippen LogP contribution in [0.1, 0.15) is 60.8 Å². The van der Waals surface area contributed by atoms with Gasteiger partial charge in [-0.2, -0.15) is 0 Å². The first-order valence-corrected chi connectivity index (χ1v) is 7.86. The van der Waals surface area contributed by atoms with Crippen LogP contribution in [0.25, 0.3) is 0 Å². The average Bonchev–Trinajstić information content (AvgIpc) is 2.23. The van der Waals surface area contributed by atoms with Crippen molar-refractivity contribution in [3.63, 3.8) is 0 Å². The molecule has 1 fully saturated rings. The molecule has 0 spiro atoms. The van der Waals surface area contributed by atoms with Gasteiger partial charge in [0.15, 0.2) is 5.41 Å². The highest BCUT2D eigenvalue weighted by atomic mass is 16.4. The zero-order chi connectivity index (χ0) is 17.6. The summed E-state index contributed by atoms with van der Waals surface area (Å²) in [6, 6.07) is 0. The Hall–Kier alpha value is -1.10. The second-order valence-corrected chi connectivity index (χ2v) is 8.69. The third kappa shape index (κ3) is 2.34. The van der Waals surface area contributed by atoms with E-state index in [0.717, 1.165) is 0 Å². The molecule has 1 saturated carbocycles. The smallest absolute Gasteiger partial charge is 0.321 e. The van der Waals surface area contributed by atoms with E-state index >= 15 is 0 Å². The van der Waals surface area contributed by atoms with Crippen molar-refractivity contribution in [2.75, 3.05) is 6.61 Å². The summed E-state index contributed by atoms with van der Waals surface area (Å²) in [5.74, 6) is -2.54. The summed E-state index contributed by atoms with van der Waals surface area (Å²) in [5, 5.41) is 28.8. The number of aliphatic carboxylic acids is 2. The van der Waals surface area contributed by atoms with Crippen molar-refractivity contribution < 1.29 is 24.9 Å². The number of hydrogen-bond acceptors (Lipinski definition) is 3. The second-order valence-electron chi connectivity index (χ2n) is 8.69. The maximum atomic E-state index is 12.0. The normalized spacial score (nSPS) is 28.0. The Kier molecular flexibility index (Phi) is 4.75. The van der Waals surface area contributed by atoms with E-state index in [1.165, 1.54) is 0 Å². The second kappa shape index (κ2) is 5.52. The van der Waals surface area contributed by atoms with Gasteiger partial charge in [-0.1, -0.05) is 41.5 Å². The van der Waals surface area contributed by atoms with Gasteiger partial charge in [0.2, 0.25) is 0 Å². The first-order valence-electron chi connectivity index (χ1n) is 7.86. The minimum absolute atomic E-state index is 0.0289. The first-order chi connectivity index (χ1) is 9.79. The van der Waals surface area contributed by atoms with Crippen LogP contribution in [0.4, 0.5) is 0 Å². The third-order valence-corrected chi connectivity index (χ3v) is 5.71. The van der Waals surface area contributed by atoms with E-state index < -0.39 is 28.2 Å². The molecule has 0 aliphatic heterocycles. The van der Waals surface area contributed by atoms with Crippen LogP contribution in [-0.4, -0.2) is 33.9 Å². The fraction of sp³-hybridized carbons (Fsp3) is 0.882. The van der Waals surface area contributed by atoms with Crippen molar-refractivity contribution in [3.05, 3.63) is 0 Å². The van der Waals surface area contributed by atoms with Gasteiger partial charge in [-0.3, -0.25) is 9.59 Å². The molecule has 1 aliphatic rings. The fourth-order valence-electron chi connectivity index (χ4n) is 4.81. The lowest BCUT2D eigenvalue weighted by Gasteiger charge is -2.69. The topological polar surface area (TPSA) is 94.8 Å². The van der Waals surface area contributed by atoms with Crippen LogP contribution in [0.2, 0.25) is 0 Å². The molecule has 1 rings (SSSR count). The third-order valence-electron chi connectivity index (χ3n) is 5.71. The highest BCUT2D eigenvalue weighted by Crippen LogP contribution is 2.74. The standard InChI is InChI=1S/C17H30O5/c1-14(2,3)11-10-16(12(19)20,13(21)22)17(11,8-7-9-18)15(4,5)6/h11,18H,7-10H2,1-6H3,(H,19,20)(H,21,22). The maximum Gasteiger partial charge on any atom is 0.321 e. The molecule has 3 N–H and O–H groups in total. The van der Waals surface area contributed by atoms with Gasteiger partial charge in [0.1, 0.15) is 0 Å². The lowest BCUT2D eigenvalue weighted by molar-refractivity contribution is -0.254. The first kappa shape index (κ1) is 18.9.